The number of halogens is 1. The molecule has 0 amide bonds. The van der Waals surface area contributed by atoms with Gasteiger partial charge < -0.3 is 10.1 Å². The molecule has 1 atom stereocenters. The average Bonchev–Trinajstić information content (AvgIpc) is 2.40. The fourth-order valence-electron chi connectivity index (χ4n) is 2.44. The highest BCUT2D eigenvalue weighted by Crippen LogP contribution is 2.32. The van der Waals surface area contributed by atoms with Crippen LogP contribution in [0.2, 0.25) is 5.02 Å². The summed E-state index contributed by atoms with van der Waals surface area (Å²) >= 11 is 6.11. The summed E-state index contributed by atoms with van der Waals surface area (Å²) in [5.41, 5.74) is 2.34. The molecule has 3 rings (SSSR count). The van der Waals surface area contributed by atoms with Crippen molar-refractivity contribution in [3.05, 3.63) is 64.7 Å². The second-order valence-corrected chi connectivity index (χ2v) is 5.12. The first kappa shape index (κ1) is 12.5. The fraction of sp³-hybridized carbons (Fsp3) is 0.250. The quantitative estimate of drug-likeness (QED) is 0.853. The number of hydrogen-bond acceptors (Lipinski definition) is 2. The lowest BCUT2D eigenvalue weighted by Crippen LogP contribution is -2.27. The van der Waals surface area contributed by atoms with Gasteiger partial charge >= 0.3 is 0 Å². The molecule has 0 saturated carbocycles. The van der Waals surface area contributed by atoms with Crippen LogP contribution in [0.15, 0.2) is 48.5 Å². The Labute approximate surface area is 118 Å². The fourth-order valence-corrected chi connectivity index (χ4v) is 2.64. The molecule has 1 unspecified atom stereocenters. The van der Waals surface area contributed by atoms with Crippen LogP contribution >= 0.6 is 11.6 Å². The molecule has 2 nitrogen and oxygen atoms in total. The van der Waals surface area contributed by atoms with Gasteiger partial charge in [-0.3, -0.25) is 0 Å². The number of rotatable bonds is 1. The van der Waals surface area contributed by atoms with Gasteiger partial charge in [-0.1, -0.05) is 41.9 Å². The Balaban J connectivity index is 2.05. The van der Waals surface area contributed by atoms with E-state index in [1.165, 1.54) is 11.1 Å². The van der Waals surface area contributed by atoms with E-state index in [0.717, 1.165) is 30.3 Å². The third kappa shape index (κ3) is 2.75. The molecule has 0 spiro atoms. The van der Waals surface area contributed by atoms with Crippen molar-refractivity contribution >= 4 is 11.6 Å². The van der Waals surface area contributed by atoms with Crippen LogP contribution in [0.25, 0.3) is 0 Å². The maximum Gasteiger partial charge on any atom is 0.124 e. The first-order chi connectivity index (χ1) is 9.34. The van der Waals surface area contributed by atoms with E-state index >= 15 is 0 Å². The predicted molar refractivity (Wildman–Crippen MR) is 77.9 cm³/mol. The molecule has 2 aromatic carbocycles. The van der Waals surface area contributed by atoms with Gasteiger partial charge in [-0.2, -0.15) is 0 Å². The van der Waals surface area contributed by atoms with Crippen molar-refractivity contribution in [3.63, 3.8) is 0 Å². The Morgan fingerprint density at radius 2 is 2.00 bits per heavy atom. The lowest BCUT2D eigenvalue weighted by molar-refractivity contribution is 0.290. The third-order valence-corrected chi connectivity index (χ3v) is 3.57. The molecular weight excluding hydrogens is 258 g/mol. The van der Waals surface area contributed by atoms with Gasteiger partial charge in [-0.25, -0.2) is 0 Å². The maximum atomic E-state index is 6.11. The van der Waals surface area contributed by atoms with Crippen LogP contribution in [-0.2, 0) is 0 Å². The van der Waals surface area contributed by atoms with E-state index < -0.39 is 0 Å². The summed E-state index contributed by atoms with van der Waals surface area (Å²) in [5.74, 6) is 0.958. The molecule has 0 bridgehead atoms. The van der Waals surface area contributed by atoms with Crippen molar-refractivity contribution in [1.82, 2.24) is 5.32 Å². The van der Waals surface area contributed by atoms with E-state index in [1.54, 1.807) is 0 Å². The Bertz CT molecular complexity index is 570. The van der Waals surface area contributed by atoms with Crippen molar-refractivity contribution in [3.8, 4) is 5.75 Å². The summed E-state index contributed by atoms with van der Waals surface area (Å²) in [5, 5.41) is 4.35. The molecular formula is C16H16ClNO. The molecule has 19 heavy (non-hydrogen) atoms. The maximum absolute atomic E-state index is 6.11. The van der Waals surface area contributed by atoms with Gasteiger partial charge in [0.25, 0.3) is 0 Å². The van der Waals surface area contributed by atoms with Crippen LogP contribution in [0, 0.1) is 0 Å². The van der Waals surface area contributed by atoms with Crippen LogP contribution in [0.3, 0.4) is 0 Å². The summed E-state index contributed by atoms with van der Waals surface area (Å²) in [4.78, 5) is 0. The monoisotopic (exact) mass is 273 g/mol. The van der Waals surface area contributed by atoms with Gasteiger partial charge in [0.2, 0.25) is 0 Å². The number of fused-ring (bicyclic) bond motifs is 1. The summed E-state index contributed by atoms with van der Waals surface area (Å²) in [7, 11) is 0. The van der Waals surface area contributed by atoms with Crippen molar-refractivity contribution in [2.24, 2.45) is 0 Å². The Kier molecular flexibility index (Phi) is 3.72. The summed E-state index contributed by atoms with van der Waals surface area (Å²) in [6, 6.07) is 16.3. The van der Waals surface area contributed by atoms with Crippen molar-refractivity contribution in [2.45, 2.75) is 12.5 Å². The van der Waals surface area contributed by atoms with E-state index in [2.05, 4.69) is 17.4 Å². The second-order valence-electron chi connectivity index (χ2n) is 4.68. The SMILES string of the molecule is Clc1cccc(C2NCCCOc3ccccc32)c1. The van der Waals surface area contributed by atoms with Crippen molar-refractivity contribution in [1.29, 1.82) is 0 Å². The minimum atomic E-state index is 0.134. The lowest BCUT2D eigenvalue weighted by atomic mass is 9.97. The molecule has 1 aliphatic rings. The molecule has 1 aliphatic heterocycles. The number of nitrogens with one attached hydrogen (secondary N) is 1. The van der Waals surface area contributed by atoms with Crippen molar-refractivity contribution < 1.29 is 4.74 Å². The van der Waals surface area contributed by atoms with Crippen LogP contribution in [0.4, 0.5) is 0 Å². The van der Waals surface area contributed by atoms with E-state index in [9.17, 15) is 0 Å². The molecule has 0 aromatic heterocycles. The number of hydrogen-bond donors (Lipinski definition) is 1. The molecule has 0 aliphatic carbocycles. The first-order valence-electron chi connectivity index (χ1n) is 6.55. The molecule has 0 radical (unpaired) electrons. The van der Waals surface area contributed by atoms with E-state index in [4.69, 9.17) is 16.3 Å². The molecule has 0 saturated heterocycles. The van der Waals surface area contributed by atoms with E-state index in [-0.39, 0.29) is 6.04 Å². The Morgan fingerprint density at radius 3 is 2.89 bits per heavy atom. The van der Waals surface area contributed by atoms with Gasteiger partial charge in [-0.15, -0.1) is 0 Å². The average molecular weight is 274 g/mol. The first-order valence-corrected chi connectivity index (χ1v) is 6.93. The molecule has 98 valence electrons. The summed E-state index contributed by atoms with van der Waals surface area (Å²) in [6.07, 6.45) is 1.01. The smallest absolute Gasteiger partial charge is 0.124 e. The largest absolute Gasteiger partial charge is 0.493 e. The number of para-hydroxylation sites is 1. The normalized spacial score (nSPS) is 18.9. The summed E-state index contributed by atoms with van der Waals surface area (Å²) in [6.45, 7) is 1.69. The second kappa shape index (κ2) is 5.64. The van der Waals surface area contributed by atoms with Gasteiger partial charge in [0, 0.05) is 10.6 Å². The number of benzene rings is 2. The molecule has 1 heterocycles. The standard InChI is InChI=1S/C16H16ClNO/c17-13-6-3-5-12(11-13)16-14-7-1-2-8-15(14)19-10-4-9-18-16/h1-3,5-8,11,16,18H,4,9-10H2. The van der Waals surface area contributed by atoms with Crippen LogP contribution < -0.4 is 10.1 Å². The zero-order valence-electron chi connectivity index (χ0n) is 10.6. The van der Waals surface area contributed by atoms with Crippen LogP contribution in [0.1, 0.15) is 23.6 Å². The summed E-state index contributed by atoms with van der Waals surface area (Å²) < 4.78 is 5.84. The Hall–Kier alpha value is -1.51. The molecule has 3 heteroatoms. The highest BCUT2D eigenvalue weighted by Gasteiger charge is 2.19. The third-order valence-electron chi connectivity index (χ3n) is 3.34. The van der Waals surface area contributed by atoms with Crippen LogP contribution in [0.5, 0.6) is 5.75 Å². The number of ether oxygens (including phenoxy) is 1. The minimum absolute atomic E-state index is 0.134. The van der Waals surface area contributed by atoms with Crippen LogP contribution in [-0.4, -0.2) is 13.2 Å². The highest BCUT2D eigenvalue weighted by molar-refractivity contribution is 6.30. The lowest BCUT2D eigenvalue weighted by Gasteiger charge is -2.25. The van der Waals surface area contributed by atoms with Gasteiger partial charge in [0.15, 0.2) is 0 Å². The van der Waals surface area contributed by atoms with Gasteiger partial charge in [-0.05, 0) is 36.7 Å². The van der Waals surface area contributed by atoms with Crippen molar-refractivity contribution in [2.75, 3.05) is 13.2 Å². The topological polar surface area (TPSA) is 21.3 Å². The zero-order valence-corrected chi connectivity index (χ0v) is 11.4. The Morgan fingerprint density at radius 1 is 1.11 bits per heavy atom. The van der Waals surface area contributed by atoms with E-state index in [1.807, 2.05) is 36.4 Å². The zero-order chi connectivity index (χ0) is 13.1. The molecule has 0 fully saturated rings. The molecule has 1 N–H and O–H groups in total. The predicted octanol–water partition coefficient (Wildman–Crippen LogP) is 3.80. The van der Waals surface area contributed by atoms with Gasteiger partial charge in [0.05, 0.1) is 12.6 Å². The van der Waals surface area contributed by atoms with Gasteiger partial charge in [0.1, 0.15) is 5.75 Å². The minimum Gasteiger partial charge on any atom is -0.493 e. The van der Waals surface area contributed by atoms with E-state index in [0.29, 0.717) is 0 Å². The molecule has 2 aromatic rings. The highest BCUT2D eigenvalue weighted by atomic mass is 35.5.